The van der Waals surface area contributed by atoms with E-state index in [1.807, 2.05) is 0 Å². The predicted molar refractivity (Wildman–Crippen MR) is 53.6 cm³/mol. The molecular weight excluding hydrogens is 685 g/mol. The Bertz CT molecular complexity index is 22.0. The van der Waals surface area contributed by atoms with E-state index < -0.39 is 20.1 Å². The number of rotatable bonds is 0. The summed E-state index contributed by atoms with van der Waals surface area (Å²) in [6.45, 7) is 0. The first-order valence-corrected chi connectivity index (χ1v) is 23.2. The Morgan fingerprint density at radius 2 is 0.500 bits per heavy atom. The maximum absolute atomic E-state index is 3.23. The normalized spacial score (nSPS) is 11.2. The summed E-state index contributed by atoms with van der Waals surface area (Å²) in [7, 11) is -1.28. The van der Waals surface area contributed by atoms with Crippen molar-refractivity contribution < 1.29 is 20.1 Å². The first-order valence-electron chi connectivity index (χ1n) is 0.756. The molecule has 0 aliphatic heterocycles. The van der Waals surface area contributed by atoms with Crippen molar-refractivity contribution in [2.24, 2.45) is 0 Å². The first-order chi connectivity index (χ1) is 3.46. The Kier molecular flexibility index (Phi) is 20.4. The molecule has 8 heteroatoms. The molecule has 0 N–H and O–H groups in total. The van der Waals surface area contributed by atoms with E-state index in [-0.39, 0.29) is 0 Å². The Labute approximate surface area is 99.2 Å². The van der Waals surface area contributed by atoms with Gasteiger partial charge in [-0.15, -0.1) is 0 Å². The van der Waals surface area contributed by atoms with Gasteiger partial charge in [0.1, 0.15) is 0 Å². The minimum absolute atomic E-state index is 0.639. The number of halogens is 6. The van der Waals surface area contributed by atoms with Crippen molar-refractivity contribution in [2.75, 3.05) is 0 Å². The summed E-state index contributed by atoms with van der Waals surface area (Å²) in [5.41, 5.74) is 0. The second kappa shape index (κ2) is 11.1. The van der Waals surface area contributed by atoms with Gasteiger partial charge in [0.15, 0.2) is 0 Å². The third-order valence-electron chi connectivity index (χ3n) is 0. The quantitative estimate of drug-likeness (QED) is 0.313. The summed E-state index contributed by atoms with van der Waals surface area (Å²) in [6, 6.07) is 0. The molecule has 0 bridgehead atoms. The first kappa shape index (κ1) is 14.6. The molecule has 0 atom stereocenters. The van der Waals surface area contributed by atoms with Crippen molar-refractivity contribution in [3.8, 4) is 0 Å². The second-order valence-electron chi connectivity index (χ2n) is 0.286. The average Bonchev–Trinajstić information content (AvgIpc) is 1.25. The van der Waals surface area contributed by atoms with E-state index in [2.05, 4.69) is 81.7 Å². The second-order valence-corrected chi connectivity index (χ2v) is 45.6. The fraction of sp³-hybridized carbons (Fsp3) is 0. The molecule has 60 valence electrons. The molecule has 0 aliphatic carbocycles. The van der Waals surface area contributed by atoms with Gasteiger partial charge in [0.05, 0.1) is 0 Å². The van der Waals surface area contributed by atoms with Crippen LogP contribution in [0.2, 0.25) is 0 Å². The van der Waals surface area contributed by atoms with E-state index in [0.717, 1.165) is 0 Å². The van der Waals surface area contributed by atoms with Crippen LogP contribution < -0.4 is 0 Å². The molecule has 0 spiro atoms. The monoisotopic (exact) mass is 679 g/mol. The molecule has 8 heavy (non-hydrogen) atoms. The van der Waals surface area contributed by atoms with Crippen LogP contribution in [0, 0.1) is 0 Å². The topological polar surface area (TPSA) is 0 Å². The predicted octanol–water partition coefficient (Wildman–Crippen LogP) is 5.07. The molecule has 0 saturated carbocycles. The molecule has 0 aromatic heterocycles. The summed E-state index contributed by atoms with van der Waals surface area (Å²) in [5, 5.41) is 0. The molecule has 0 aromatic rings. The van der Waals surface area contributed by atoms with Crippen LogP contribution in [0.3, 0.4) is 0 Å². The molecule has 0 unspecified atom stereocenters. The van der Waals surface area contributed by atoms with Crippen molar-refractivity contribution in [3.05, 3.63) is 0 Å². The summed E-state index contributed by atoms with van der Waals surface area (Å²) in [6.07, 6.45) is 0. The average molecular weight is 685 g/mol. The van der Waals surface area contributed by atoms with Crippen LogP contribution in [0.5, 0.6) is 0 Å². The molecule has 0 aromatic carbocycles. The Balaban J connectivity index is 0. The summed E-state index contributed by atoms with van der Waals surface area (Å²) in [5.74, 6) is 0. The molecule has 0 fully saturated rings. The van der Waals surface area contributed by atoms with E-state index in [0.29, 0.717) is 0 Å². The fourth-order valence-corrected chi connectivity index (χ4v) is 0. The molecule has 0 saturated heterocycles. The van der Waals surface area contributed by atoms with Crippen molar-refractivity contribution in [2.45, 2.75) is 0 Å². The van der Waals surface area contributed by atoms with Crippen molar-refractivity contribution in [1.29, 1.82) is 0 Å². The third kappa shape index (κ3) is 49.5. The Hall–Kier alpha value is 4.13. The third-order valence-corrected chi connectivity index (χ3v) is 0. The van der Waals surface area contributed by atoms with Gasteiger partial charge in [-0.25, -0.2) is 0 Å². The van der Waals surface area contributed by atoms with Crippen LogP contribution in [0.15, 0.2) is 0 Å². The number of hydrogen-bond donors (Lipinski definition) is 0. The van der Waals surface area contributed by atoms with Gasteiger partial charge in [0, 0.05) is 0 Å². The van der Waals surface area contributed by atoms with Gasteiger partial charge >= 0.3 is 102 Å². The summed E-state index contributed by atoms with van der Waals surface area (Å²) < 4.78 is 0. The fourth-order valence-electron chi connectivity index (χ4n) is 0. The number of hydrogen-bond acceptors (Lipinski definition) is 0. The zero-order valence-corrected chi connectivity index (χ0v) is 15.7. The van der Waals surface area contributed by atoms with E-state index >= 15 is 0 Å². The molecule has 0 radical (unpaired) electrons. The molecule has 0 heterocycles. The molecule has 0 nitrogen and oxygen atoms in total. The molecule has 0 aliphatic rings. The van der Waals surface area contributed by atoms with Crippen LogP contribution in [-0.4, -0.2) is 0 Å². The van der Waals surface area contributed by atoms with E-state index in [1.54, 1.807) is 0 Å². The van der Waals surface area contributed by atoms with E-state index in [1.165, 1.54) is 0 Å². The van der Waals surface area contributed by atoms with Crippen molar-refractivity contribution in [3.63, 3.8) is 0 Å². The van der Waals surface area contributed by atoms with Crippen LogP contribution in [-0.2, 0) is 20.1 Å². The molecular formula is Br6Rh2. The van der Waals surface area contributed by atoms with Crippen LogP contribution in [0.4, 0.5) is 0 Å². The van der Waals surface area contributed by atoms with Gasteiger partial charge in [-0.3, -0.25) is 0 Å². The SMILES string of the molecule is [Br][Rh]([Br])[Br].[Br][Rh]([Br])[Br]. The van der Waals surface area contributed by atoms with Gasteiger partial charge < -0.3 is 0 Å². The van der Waals surface area contributed by atoms with E-state index in [9.17, 15) is 0 Å². The maximum atomic E-state index is 3.23. The van der Waals surface area contributed by atoms with Crippen LogP contribution in [0.25, 0.3) is 0 Å². The van der Waals surface area contributed by atoms with Crippen molar-refractivity contribution in [1.82, 2.24) is 0 Å². The van der Waals surface area contributed by atoms with Gasteiger partial charge in [-0.05, 0) is 0 Å². The van der Waals surface area contributed by atoms with E-state index in [4.69, 9.17) is 0 Å². The summed E-state index contributed by atoms with van der Waals surface area (Å²) >= 11 is 19.4. The van der Waals surface area contributed by atoms with Gasteiger partial charge in [0.25, 0.3) is 0 Å². The summed E-state index contributed by atoms with van der Waals surface area (Å²) in [4.78, 5) is 0. The van der Waals surface area contributed by atoms with Gasteiger partial charge in [-0.1, -0.05) is 0 Å². The standard InChI is InChI=1S/6BrH.2Rh/h6*1H;;/q;;;;;;2*+3/p-6. The molecule has 0 amide bonds. The van der Waals surface area contributed by atoms with Gasteiger partial charge in [-0.2, -0.15) is 0 Å². The zero-order chi connectivity index (χ0) is 7.15. The van der Waals surface area contributed by atoms with Gasteiger partial charge in [0.2, 0.25) is 0 Å². The van der Waals surface area contributed by atoms with Crippen LogP contribution >= 0.6 is 81.7 Å². The molecule has 0 rings (SSSR count). The Morgan fingerprint density at radius 1 is 0.500 bits per heavy atom. The minimum atomic E-state index is -0.639. The Morgan fingerprint density at radius 3 is 0.500 bits per heavy atom. The van der Waals surface area contributed by atoms with Crippen molar-refractivity contribution >= 4 is 81.7 Å². The van der Waals surface area contributed by atoms with Crippen LogP contribution in [0.1, 0.15) is 0 Å². The zero-order valence-electron chi connectivity index (χ0n) is 2.93.